The third kappa shape index (κ3) is 3.88. The Hall–Kier alpha value is -2.23. The minimum Gasteiger partial charge on any atom is -0.381 e. The number of nitrogens with one attached hydrogen (secondary N) is 1. The molecule has 2 aromatic rings. The van der Waals surface area contributed by atoms with Gasteiger partial charge in [-0.15, -0.1) is 0 Å². The molecule has 0 aromatic heterocycles. The van der Waals surface area contributed by atoms with E-state index in [1.165, 1.54) is 12.1 Å². The van der Waals surface area contributed by atoms with Crippen molar-refractivity contribution < 1.29 is 13.2 Å². The van der Waals surface area contributed by atoms with Gasteiger partial charge in [-0.1, -0.05) is 54.6 Å². The predicted octanol–water partition coefficient (Wildman–Crippen LogP) is 4.83. The Morgan fingerprint density at radius 2 is 1.55 bits per heavy atom. The van der Waals surface area contributed by atoms with Crippen LogP contribution in [0.2, 0.25) is 0 Å². The monoisotopic (exact) mass is 277 g/mol. The van der Waals surface area contributed by atoms with Crippen molar-refractivity contribution in [3.05, 3.63) is 71.8 Å². The van der Waals surface area contributed by atoms with Crippen LogP contribution in [0.5, 0.6) is 0 Å². The molecule has 0 atom stereocenters. The summed E-state index contributed by atoms with van der Waals surface area (Å²) in [6.07, 6.45) is -0.682. The van der Waals surface area contributed by atoms with Crippen LogP contribution in [0.4, 0.5) is 18.9 Å². The van der Waals surface area contributed by atoms with Gasteiger partial charge in [0.15, 0.2) is 0 Å². The number of rotatable bonds is 4. The molecule has 0 heterocycles. The first kappa shape index (κ1) is 14.2. The minimum absolute atomic E-state index is 0.0951. The molecule has 0 amide bonds. The summed E-state index contributed by atoms with van der Waals surface area (Å²) in [5.74, 6) is 0. The Morgan fingerprint density at radius 1 is 0.900 bits per heavy atom. The molecule has 20 heavy (non-hydrogen) atoms. The van der Waals surface area contributed by atoms with Gasteiger partial charge in [-0.25, -0.2) is 0 Å². The van der Waals surface area contributed by atoms with Crippen LogP contribution in [0, 0.1) is 0 Å². The maximum Gasteiger partial charge on any atom is 0.418 e. The van der Waals surface area contributed by atoms with E-state index >= 15 is 0 Å². The van der Waals surface area contributed by atoms with Crippen LogP contribution in [0.1, 0.15) is 11.1 Å². The molecule has 0 aliphatic heterocycles. The summed E-state index contributed by atoms with van der Waals surface area (Å²) >= 11 is 0. The minimum atomic E-state index is -4.34. The van der Waals surface area contributed by atoms with Gasteiger partial charge in [0.2, 0.25) is 0 Å². The molecule has 104 valence electrons. The number of halogens is 3. The number of alkyl halides is 3. The zero-order valence-electron chi connectivity index (χ0n) is 10.7. The van der Waals surface area contributed by atoms with E-state index in [2.05, 4.69) is 5.32 Å². The Kier molecular flexibility index (Phi) is 4.45. The van der Waals surface area contributed by atoms with Crippen LogP contribution in [-0.4, -0.2) is 6.54 Å². The predicted molar refractivity (Wildman–Crippen MR) is 75.4 cm³/mol. The summed E-state index contributed by atoms with van der Waals surface area (Å²) in [6, 6.07) is 15.1. The van der Waals surface area contributed by atoms with Crippen molar-refractivity contribution in [2.75, 3.05) is 11.9 Å². The summed E-state index contributed by atoms with van der Waals surface area (Å²) in [7, 11) is 0. The van der Waals surface area contributed by atoms with Crippen LogP contribution in [-0.2, 0) is 6.18 Å². The van der Waals surface area contributed by atoms with Gasteiger partial charge in [-0.05, 0) is 17.7 Å². The van der Waals surface area contributed by atoms with E-state index in [4.69, 9.17) is 0 Å². The van der Waals surface area contributed by atoms with Gasteiger partial charge in [0.1, 0.15) is 0 Å². The van der Waals surface area contributed by atoms with Gasteiger partial charge in [-0.2, -0.15) is 13.2 Å². The standard InChI is InChI=1S/C16H14F3N/c17-16(18,19)14-10-4-5-11-15(14)20-12-6-9-13-7-2-1-3-8-13/h1-11,20H,12H2. The lowest BCUT2D eigenvalue weighted by Gasteiger charge is -2.13. The highest BCUT2D eigenvalue weighted by molar-refractivity contribution is 5.54. The molecule has 0 aliphatic rings. The molecule has 0 unspecified atom stereocenters. The zero-order valence-corrected chi connectivity index (χ0v) is 10.7. The fourth-order valence-electron chi connectivity index (χ4n) is 1.81. The first-order chi connectivity index (χ1) is 9.57. The molecule has 1 N–H and O–H groups in total. The highest BCUT2D eigenvalue weighted by Gasteiger charge is 2.32. The van der Waals surface area contributed by atoms with E-state index in [9.17, 15) is 13.2 Å². The summed E-state index contributed by atoms with van der Waals surface area (Å²) < 4.78 is 38.3. The first-order valence-electron chi connectivity index (χ1n) is 6.19. The fourth-order valence-corrected chi connectivity index (χ4v) is 1.81. The molecule has 0 saturated carbocycles. The van der Waals surface area contributed by atoms with E-state index in [1.54, 1.807) is 12.1 Å². The van der Waals surface area contributed by atoms with Crippen molar-refractivity contribution in [3.8, 4) is 0 Å². The topological polar surface area (TPSA) is 12.0 Å². The van der Waals surface area contributed by atoms with Crippen LogP contribution in [0.3, 0.4) is 0 Å². The molecule has 0 saturated heterocycles. The number of para-hydroxylation sites is 1. The zero-order chi connectivity index (χ0) is 14.4. The van der Waals surface area contributed by atoms with Crippen LogP contribution < -0.4 is 5.32 Å². The van der Waals surface area contributed by atoms with Gasteiger partial charge < -0.3 is 5.32 Å². The van der Waals surface area contributed by atoms with E-state index in [0.29, 0.717) is 6.54 Å². The summed E-state index contributed by atoms with van der Waals surface area (Å²) in [4.78, 5) is 0. The summed E-state index contributed by atoms with van der Waals surface area (Å²) in [5.41, 5.74) is 0.462. The number of benzene rings is 2. The van der Waals surface area contributed by atoms with E-state index in [-0.39, 0.29) is 5.69 Å². The average molecular weight is 277 g/mol. The number of hydrogen-bond donors (Lipinski definition) is 1. The Labute approximate surface area is 115 Å². The first-order valence-corrected chi connectivity index (χ1v) is 6.19. The third-order valence-corrected chi connectivity index (χ3v) is 2.75. The smallest absolute Gasteiger partial charge is 0.381 e. The molecule has 2 aromatic carbocycles. The quantitative estimate of drug-likeness (QED) is 0.844. The van der Waals surface area contributed by atoms with Crippen molar-refractivity contribution in [1.82, 2.24) is 0 Å². The second-order valence-electron chi connectivity index (χ2n) is 4.24. The largest absolute Gasteiger partial charge is 0.418 e. The molecule has 1 nitrogen and oxygen atoms in total. The van der Waals surface area contributed by atoms with Crippen molar-refractivity contribution in [2.45, 2.75) is 6.18 Å². The highest BCUT2D eigenvalue weighted by atomic mass is 19.4. The number of anilines is 1. The van der Waals surface area contributed by atoms with Crippen molar-refractivity contribution in [2.24, 2.45) is 0 Å². The average Bonchev–Trinajstić information content (AvgIpc) is 2.44. The van der Waals surface area contributed by atoms with Gasteiger partial charge in [0.05, 0.1) is 5.56 Å². The van der Waals surface area contributed by atoms with E-state index in [1.807, 2.05) is 36.4 Å². The fraction of sp³-hybridized carbons (Fsp3) is 0.125. The Morgan fingerprint density at radius 3 is 2.25 bits per heavy atom. The maximum absolute atomic E-state index is 12.8. The van der Waals surface area contributed by atoms with Crippen molar-refractivity contribution in [1.29, 1.82) is 0 Å². The molecule has 0 aliphatic carbocycles. The number of hydrogen-bond acceptors (Lipinski definition) is 1. The van der Waals surface area contributed by atoms with Gasteiger partial charge in [0, 0.05) is 12.2 Å². The highest BCUT2D eigenvalue weighted by Crippen LogP contribution is 2.34. The Bertz CT molecular complexity index is 574. The lowest BCUT2D eigenvalue weighted by molar-refractivity contribution is -0.136. The van der Waals surface area contributed by atoms with E-state index < -0.39 is 11.7 Å². The summed E-state index contributed by atoms with van der Waals surface area (Å²) in [5, 5.41) is 2.78. The molecule has 2 rings (SSSR count). The molecule has 0 radical (unpaired) electrons. The molecular weight excluding hydrogens is 263 g/mol. The molecule has 0 bridgehead atoms. The molecular formula is C16H14F3N. The van der Waals surface area contributed by atoms with Crippen LogP contribution in [0.15, 0.2) is 60.7 Å². The van der Waals surface area contributed by atoms with Gasteiger partial charge in [-0.3, -0.25) is 0 Å². The summed E-state index contributed by atoms with van der Waals surface area (Å²) in [6.45, 7) is 0.335. The lowest BCUT2D eigenvalue weighted by atomic mass is 10.1. The second-order valence-corrected chi connectivity index (χ2v) is 4.24. The van der Waals surface area contributed by atoms with Crippen LogP contribution in [0.25, 0.3) is 6.08 Å². The van der Waals surface area contributed by atoms with Crippen LogP contribution >= 0.6 is 0 Å². The Balaban J connectivity index is 2.00. The maximum atomic E-state index is 12.8. The SMILES string of the molecule is FC(F)(F)c1ccccc1NCC=Cc1ccccc1. The van der Waals surface area contributed by atoms with Crippen molar-refractivity contribution >= 4 is 11.8 Å². The van der Waals surface area contributed by atoms with Gasteiger partial charge in [0.25, 0.3) is 0 Å². The van der Waals surface area contributed by atoms with E-state index in [0.717, 1.165) is 11.6 Å². The van der Waals surface area contributed by atoms with Gasteiger partial charge >= 0.3 is 6.18 Å². The molecule has 0 spiro atoms. The normalized spacial score (nSPS) is 11.8. The molecule has 0 fully saturated rings. The second kappa shape index (κ2) is 6.28. The molecule has 4 heteroatoms. The van der Waals surface area contributed by atoms with Crippen molar-refractivity contribution in [3.63, 3.8) is 0 Å². The third-order valence-electron chi connectivity index (χ3n) is 2.75. The lowest BCUT2D eigenvalue weighted by Crippen LogP contribution is -2.10.